The van der Waals surface area contributed by atoms with E-state index in [1.165, 1.54) is 12.5 Å². The van der Waals surface area contributed by atoms with Crippen LogP contribution in [0.2, 0.25) is 0 Å². The van der Waals surface area contributed by atoms with Gasteiger partial charge in [0.05, 0.1) is 6.61 Å². The maximum Gasteiger partial charge on any atom is 0.319 e. The number of carbonyl (C=O) groups is 2. The van der Waals surface area contributed by atoms with Gasteiger partial charge in [-0.15, -0.1) is 0 Å². The second kappa shape index (κ2) is 7.83. The molecule has 0 heterocycles. The number of esters is 1. The van der Waals surface area contributed by atoms with Crippen molar-refractivity contribution < 1.29 is 14.3 Å². The number of carbonyl (C=O) groups excluding carboxylic acids is 2. The largest absolute Gasteiger partial charge is 0.465 e. The van der Waals surface area contributed by atoms with Gasteiger partial charge in [-0.3, -0.25) is 9.59 Å². The topological polar surface area (TPSA) is 43.4 Å². The molecular formula is C17H24O3. The first-order chi connectivity index (χ1) is 9.50. The number of rotatable bonds is 8. The van der Waals surface area contributed by atoms with E-state index in [4.69, 9.17) is 4.74 Å². The Morgan fingerprint density at radius 2 is 1.80 bits per heavy atom. The van der Waals surface area contributed by atoms with Gasteiger partial charge in [-0.1, -0.05) is 36.8 Å². The number of Topliss-reactive ketones (excluding diaryl/α,β-unsaturated/α-hetero) is 1. The third-order valence-corrected chi connectivity index (χ3v) is 3.74. The molecule has 0 spiro atoms. The summed E-state index contributed by atoms with van der Waals surface area (Å²) in [6.07, 6.45) is 3.32. The number of hydrogen-bond acceptors (Lipinski definition) is 3. The molecule has 1 aromatic rings. The molecule has 0 bridgehead atoms. The molecule has 0 saturated carbocycles. The summed E-state index contributed by atoms with van der Waals surface area (Å²) in [6, 6.07) is 10.2. The van der Waals surface area contributed by atoms with E-state index in [9.17, 15) is 9.59 Å². The second-order valence-corrected chi connectivity index (χ2v) is 5.30. The summed E-state index contributed by atoms with van der Waals surface area (Å²) in [5.41, 5.74) is 0.292. The average molecular weight is 276 g/mol. The maximum atomic E-state index is 11.9. The van der Waals surface area contributed by atoms with Gasteiger partial charge < -0.3 is 4.74 Å². The molecule has 1 aromatic carbocycles. The first-order valence-corrected chi connectivity index (χ1v) is 7.23. The summed E-state index contributed by atoms with van der Waals surface area (Å²) in [7, 11) is 0. The highest BCUT2D eigenvalue weighted by Gasteiger charge is 2.38. The van der Waals surface area contributed by atoms with Crippen molar-refractivity contribution in [3.8, 4) is 0 Å². The predicted octanol–water partition coefficient (Wildman–Crippen LogP) is 3.56. The minimum Gasteiger partial charge on any atom is -0.465 e. The van der Waals surface area contributed by atoms with E-state index in [-0.39, 0.29) is 5.78 Å². The molecule has 1 atom stereocenters. The predicted molar refractivity (Wildman–Crippen MR) is 79.4 cm³/mol. The van der Waals surface area contributed by atoms with E-state index in [2.05, 4.69) is 12.1 Å². The Morgan fingerprint density at radius 3 is 2.35 bits per heavy atom. The molecule has 3 nitrogen and oxygen atoms in total. The molecular weight excluding hydrogens is 252 g/mol. The van der Waals surface area contributed by atoms with Crippen molar-refractivity contribution in [2.75, 3.05) is 6.61 Å². The second-order valence-electron chi connectivity index (χ2n) is 5.30. The van der Waals surface area contributed by atoms with Crippen LogP contribution >= 0.6 is 0 Å². The van der Waals surface area contributed by atoms with Gasteiger partial charge in [-0.05, 0) is 45.6 Å². The van der Waals surface area contributed by atoms with Gasteiger partial charge in [0, 0.05) is 0 Å². The molecule has 1 rings (SSSR count). The summed E-state index contributed by atoms with van der Waals surface area (Å²) in [6.45, 7) is 5.23. The molecule has 20 heavy (non-hydrogen) atoms. The molecule has 1 unspecified atom stereocenters. The number of benzene rings is 1. The van der Waals surface area contributed by atoms with Crippen molar-refractivity contribution in [2.45, 2.75) is 46.5 Å². The highest BCUT2D eigenvalue weighted by Crippen LogP contribution is 2.27. The summed E-state index contributed by atoms with van der Waals surface area (Å²) in [5.74, 6) is -0.511. The number of aryl methyl sites for hydroxylation is 1. The Balaban J connectivity index is 2.47. The fourth-order valence-electron chi connectivity index (χ4n) is 2.16. The van der Waals surface area contributed by atoms with Crippen LogP contribution in [-0.4, -0.2) is 18.4 Å². The molecule has 0 aliphatic carbocycles. The van der Waals surface area contributed by atoms with Crippen LogP contribution in [0, 0.1) is 5.41 Å². The summed E-state index contributed by atoms with van der Waals surface area (Å²) < 4.78 is 5.02. The van der Waals surface area contributed by atoms with Crippen molar-refractivity contribution in [3.05, 3.63) is 35.9 Å². The van der Waals surface area contributed by atoms with Crippen LogP contribution in [0.3, 0.4) is 0 Å². The molecule has 0 aromatic heterocycles. The van der Waals surface area contributed by atoms with Gasteiger partial charge in [0.25, 0.3) is 0 Å². The van der Waals surface area contributed by atoms with Crippen LogP contribution in [0.4, 0.5) is 0 Å². The number of hydrogen-bond donors (Lipinski definition) is 0. The summed E-state index contributed by atoms with van der Waals surface area (Å²) in [5, 5.41) is 0. The minimum atomic E-state index is -0.993. The average Bonchev–Trinajstić information content (AvgIpc) is 2.44. The first kappa shape index (κ1) is 16.4. The van der Waals surface area contributed by atoms with Crippen molar-refractivity contribution in [1.29, 1.82) is 0 Å². The Morgan fingerprint density at radius 1 is 1.15 bits per heavy atom. The third kappa shape index (κ3) is 4.48. The molecule has 0 N–H and O–H groups in total. The smallest absolute Gasteiger partial charge is 0.319 e. The number of ketones is 1. The van der Waals surface area contributed by atoms with Gasteiger partial charge in [0.2, 0.25) is 0 Å². The molecule has 0 saturated heterocycles. The van der Waals surface area contributed by atoms with Crippen LogP contribution in [0.15, 0.2) is 30.3 Å². The zero-order valence-corrected chi connectivity index (χ0v) is 12.6. The Hall–Kier alpha value is -1.64. The van der Waals surface area contributed by atoms with Crippen LogP contribution in [0.5, 0.6) is 0 Å². The van der Waals surface area contributed by atoms with Crippen molar-refractivity contribution in [1.82, 2.24) is 0 Å². The summed E-state index contributed by atoms with van der Waals surface area (Å²) >= 11 is 0. The van der Waals surface area contributed by atoms with E-state index in [1.54, 1.807) is 13.8 Å². The van der Waals surface area contributed by atoms with E-state index in [0.717, 1.165) is 19.3 Å². The number of ether oxygens (including phenoxy) is 1. The van der Waals surface area contributed by atoms with Crippen molar-refractivity contribution in [3.63, 3.8) is 0 Å². The van der Waals surface area contributed by atoms with E-state index in [1.807, 2.05) is 18.2 Å². The zero-order valence-electron chi connectivity index (χ0n) is 12.6. The lowest BCUT2D eigenvalue weighted by Crippen LogP contribution is -2.36. The van der Waals surface area contributed by atoms with E-state index >= 15 is 0 Å². The lowest BCUT2D eigenvalue weighted by Gasteiger charge is -2.24. The van der Waals surface area contributed by atoms with Crippen molar-refractivity contribution >= 4 is 11.8 Å². The van der Waals surface area contributed by atoms with Crippen LogP contribution < -0.4 is 0 Å². The quantitative estimate of drug-likeness (QED) is 0.414. The molecule has 0 fully saturated rings. The number of unbranched alkanes of at least 4 members (excludes halogenated alkanes) is 1. The Kier molecular flexibility index (Phi) is 6.43. The van der Waals surface area contributed by atoms with Crippen LogP contribution in [-0.2, 0) is 20.7 Å². The molecule has 110 valence electrons. The first-order valence-electron chi connectivity index (χ1n) is 7.23. The fraction of sp³-hybridized carbons (Fsp3) is 0.529. The minimum absolute atomic E-state index is 0.115. The Labute approximate surface area is 121 Å². The van der Waals surface area contributed by atoms with Gasteiger partial charge in [0.15, 0.2) is 0 Å². The van der Waals surface area contributed by atoms with E-state index in [0.29, 0.717) is 13.0 Å². The van der Waals surface area contributed by atoms with E-state index < -0.39 is 11.4 Å². The molecule has 0 aliphatic rings. The Bertz CT molecular complexity index is 439. The van der Waals surface area contributed by atoms with Crippen LogP contribution in [0.25, 0.3) is 0 Å². The van der Waals surface area contributed by atoms with Gasteiger partial charge in [0.1, 0.15) is 11.2 Å². The van der Waals surface area contributed by atoms with Crippen molar-refractivity contribution in [2.24, 2.45) is 5.41 Å². The zero-order chi connectivity index (χ0) is 15.0. The molecule has 0 amide bonds. The molecule has 3 heteroatoms. The highest BCUT2D eigenvalue weighted by molar-refractivity contribution is 6.02. The van der Waals surface area contributed by atoms with Gasteiger partial charge in [-0.2, -0.15) is 0 Å². The maximum absolute atomic E-state index is 11.9. The monoisotopic (exact) mass is 276 g/mol. The fourth-order valence-corrected chi connectivity index (χ4v) is 2.16. The third-order valence-electron chi connectivity index (χ3n) is 3.74. The standard InChI is InChI=1S/C17H24O3/c1-4-20-16(19)17(3,14(2)18)13-9-8-12-15-10-6-5-7-11-15/h5-7,10-11H,4,8-9,12-13H2,1-3H3. The van der Waals surface area contributed by atoms with Gasteiger partial charge in [-0.25, -0.2) is 0 Å². The van der Waals surface area contributed by atoms with Crippen LogP contribution in [0.1, 0.15) is 45.6 Å². The SMILES string of the molecule is CCOC(=O)C(C)(CCCCc1ccccc1)C(C)=O. The normalized spacial score (nSPS) is 13.6. The molecule has 0 aliphatic heterocycles. The highest BCUT2D eigenvalue weighted by atomic mass is 16.5. The molecule has 0 radical (unpaired) electrons. The van der Waals surface area contributed by atoms with Gasteiger partial charge >= 0.3 is 5.97 Å². The lowest BCUT2D eigenvalue weighted by molar-refractivity contribution is -0.159. The summed E-state index contributed by atoms with van der Waals surface area (Å²) in [4.78, 5) is 23.7. The lowest BCUT2D eigenvalue weighted by atomic mass is 9.81.